The summed E-state index contributed by atoms with van der Waals surface area (Å²) >= 11 is 0. The third kappa shape index (κ3) is 2.53. The summed E-state index contributed by atoms with van der Waals surface area (Å²) in [6, 6.07) is 2.50. The Labute approximate surface area is 141 Å². The van der Waals surface area contributed by atoms with Crippen LogP contribution in [0.3, 0.4) is 0 Å². The summed E-state index contributed by atoms with van der Waals surface area (Å²) in [5, 5.41) is 1.06. The molecule has 7 nitrogen and oxygen atoms in total. The number of carbonyl (C=O) groups excluding carboxylic acids is 1. The molecule has 0 bridgehead atoms. The Morgan fingerprint density at radius 1 is 1.38 bits per heavy atom. The van der Waals surface area contributed by atoms with Gasteiger partial charge in [-0.2, -0.15) is 0 Å². The average Bonchev–Trinajstić information content (AvgIpc) is 3.27. The van der Waals surface area contributed by atoms with Crippen LogP contribution in [0.25, 0.3) is 11.0 Å². The minimum absolute atomic E-state index is 0.113. The van der Waals surface area contributed by atoms with E-state index in [1.54, 1.807) is 13.4 Å². The quantitative estimate of drug-likeness (QED) is 0.914. The minimum atomic E-state index is 0.113. The van der Waals surface area contributed by atoms with Gasteiger partial charge in [-0.1, -0.05) is 0 Å². The van der Waals surface area contributed by atoms with E-state index in [9.17, 15) is 4.79 Å². The van der Waals surface area contributed by atoms with Gasteiger partial charge in [0.25, 0.3) is 0 Å². The number of amides is 1. The van der Waals surface area contributed by atoms with Crippen molar-refractivity contribution in [3.05, 3.63) is 18.6 Å². The van der Waals surface area contributed by atoms with Crippen molar-refractivity contribution in [1.29, 1.82) is 0 Å². The van der Waals surface area contributed by atoms with Gasteiger partial charge in [0.2, 0.25) is 5.91 Å². The van der Waals surface area contributed by atoms with Gasteiger partial charge in [0.15, 0.2) is 0 Å². The molecule has 128 valence electrons. The summed E-state index contributed by atoms with van der Waals surface area (Å²) in [6.07, 6.45) is 5.73. The number of likely N-dealkylation sites (tertiary alicyclic amines) is 1. The van der Waals surface area contributed by atoms with Crippen molar-refractivity contribution in [1.82, 2.24) is 19.9 Å². The highest BCUT2D eigenvalue weighted by Crippen LogP contribution is 2.41. The minimum Gasteiger partial charge on any atom is -0.375 e. The lowest BCUT2D eigenvalue weighted by Gasteiger charge is -2.28. The molecule has 1 amide bonds. The van der Waals surface area contributed by atoms with Crippen molar-refractivity contribution in [3.8, 4) is 0 Å². The molecule has 3 heterocycles. The van der Waals surface area contributed by atoms with E-state index >= 15 is 0 Å². The lowest BCUT2D eigenvalue weighted by atomic mass is 10.0. The maximum absolute atomic E-state index is 12.0. The van der Waals surface area contributed by atoms with E-state index in [1.807, 2.05) is 17.2 Å². The molecular weight excluding hydrogens is 306 g/mol. The molecule has 2 aromatic rings. The number of aromatic nitrogens is 3. The lowest BCUT2D eigenvalue weighted by Crippen LogP contribution is -2.35. The van der Waals surface area contributed by atoms with Crippen molar-refractivity contribution in [2.75, 3.05) is 38.8 Å². The maximum Gasteiger partial charge on any atom is 0.248 e. The Morgan fingerprint density at radius 2 is 2.12 bits per heavy atom. The summed E-state index contributed by atoms with van der Waals surface area (Å²) < 4.78 is 4.97. The topological polar surface area (TPSA) is 74.3 Å². The van der Waals surface area contributed by atoms with E-state index in [2.05, 4.69) is 26.9 Å². The van der Waals surface area contributed by atoms with Crippen LogP contribution in [0.2, 0.25) is 0 Å². The van der Waals surface area contributed by atoms with E-state index in [1.165, 1.54) is 0 Å². The zero-order valence-corrected chi connectivity index (χ0v) is 14.1. The van der Waals surface area contributed by atoms with E-state index in [-0.39, 0.29) is 12.5 Å². The number of methoxy groups -OCH3 is 1. The molecule has 2 fully saturated rings. The van der Waals surface area contributed by atoms with Gasteiger partial charge in [0, 0.05) is 39.5 Å². The van der Waals surface area contributed by atoms with Crippen LogP contribution in [0.15, 0.2) is 18.6 Å². The summed E-state index contributed by atoms with van der Waals surface area (Å²) in [5.41, 5.74) is 0.876. The molecule has 2 aromatic heterocycles. The fraction of sp³-hybridized carbons (Fsp3) is 0.588. The number of carbonyl (C=O) groups is 1. The van der Waals surface area contributed by atoms with Gasteiger partial charge in [-0.3, -0.25) is 4.79 Å². The van der Waals surface area contributed by atoms with Crippen LogP contribution < -0.4 is 4.90 Å². The number of fused-ring (bicyclic) bond motifs is 2. The van der Waals surface area contributed by atoms with Crippen LogP contribution in [0, 0.1) is 11.8 Å². The Balaban J connectivity index is 1.45. The smallest absolute Gasteiger partial charge is 0.248 e. The van der Waals surface area contributed by atoms with Gasteiger partial charge in [-0.25, -0.2) is 9.97 Å². The summed E-state index contributed by atoms with van der Waals surface area (Å²) in [7, 11) is 3.69. The first-order chi connectivity index (χ1) is 11.7. The Kier molecular flexibility index (Phi) is 3.88. The highest BCUT2D eigenvalue weighted by Gasteiger charge is 2.43. The summed E-state index contributed by atoms with van der Waals surface area (Å²) in [4.78, 5) is 28.2. The van der Waals surface area contributed by atoms with Gasteiger partial charge in [0.05, 0.1) is 5.39 Å². The van der Waals surface area contributed by atoms with E-state index in [0.29, 0.717) is 17.9 Å². The van der Waals surface area contributed by atoms with Crippen molar-refractivity contribution in [2.45, 2.75) is 18.9 Å². The van der Waals surface area contributed by atoms with Crippen LogP contribution in [0.5, 0.6) is 0 Å². The Morgan fingerprint density at radius 3 is 2.83 bits per heavy atom. The second-order valence-electron chi connectivity index (χ2n) is 6.93. The number of nitrogens with one attached hydrogen (secondary N) is 1. The molecule has 7 heteroatoms. The molecule has 0 radical (unpaired) electrons. The van der Waals surface area contributed by atoms with Crippen LogP contribution in [-0.4, -0.2) is 65.7 Å². The van der Waals surface area contributed by atoms with Crippen LogP contribution >= 0.6 is 0 Å². The molecule has 24 heavy (non-hydrogen) atoms. The molecular formula is C17H23N5O2. The Bertz CT molecular complexity index is 731. The molecule has 2 aliphatic rings. The fourth-order valence-corrected chi connectivity index (χ4v) is 4.32. The first kappa shape index (κ1) is 15.4. The van der Waals surface area contributed by atoms with E-state index < -0.39 is 0 Å². The molecule has 1 saturated carbocycles. The molecule has 3 atom stereocenters. The number of nitrogens with zero attached hydrogens (tertiary/aromatic N) is 4. The molecule has 1 unspecified atom stereocenters. The first-order valence-electron chi connectivity index (χ1n) is 8.45. The second kappa shape index (κ2) is 6.05. The molecule has 1 saturated heterocycles. The van der Waals surface area contributed by atoms with Gasteiger partial charge in [-0.15, -0.1) is 0 Å². The fourth-order valence-electron chi connectivity index (χ4n) is 4.32. The van der Waals surface area contributed by atoms with Crippen LogP contribution in [0.4, 0.5) is 5.82 Å². The van der Waals surface area contributed by atoms with Gasteiger partial charge in [0.1, 0.15) is 24.4 Å². The van der Waals surface area contributed by atoms with E-state index in [0.717, 1.165) is 42.8 Å². The van der Waals surface area contributed by atoms with Crippen molar-refractivity contribution in [3.63, 3.8) is 0 Å². The highest BCUT2D eigenvalue weighted by molar-refractivity contribution is 5.87. The van der Waals surface area contributed by atoms with Gasteiger partial charge >= 0.3 is 0 Å². The number of anilines is 1. The van der Waals surface area contributed by atoms with Crippen molar-refractivity contribution < 1.29 is 9.53 Å². The monoisotopic (exact) mass is 329 g/mol. The number of hydrogen-bond donors (Lipinski definition) is 1. The molecule has 0 aromatic carbocycles. The SMILES string of the molecule is COCC(=O)N1CC2C[C@H](N(C)c3ncnc4[nH]ccc34)C[C@H]2C1. The summed E-state index contributed by atoms with van der Waals surface area (Å²) in [6.45, 7) is 1.91. The van der Waals surface area contributed by atoms with Gasteiger partial charge < -0.3 is 19.5 Å². The van der Waals surface area contributed by atoms with E-state index in [4.69, 9.17) is 4.74 Å². The first-order valence-corrected chi connectivity index (χ1v) is 8.45. The number of rotatable bonds is 4. The zero-order valence-electron chi connectivity index (χ0n) is 14.1. The maximum atomic E-state index is 12.0. The van der Waals surface area contributed by atoms with Crippen molar-refractivity contribution in [2.24, 2.45) is 11.8 Å². The normalized spacial score (nSPS) is 26.1. The zero-order chi connectivity index (χ0) is 16.7. The number of H-pyrrole nitrogens is 1. The molecule has 1 N–H and O–H groups in total. The lowest BCUT2D eigenvalue weighted by molar-refractivity contribution is -0.134. The molecule has 4 rings (SSSR count). The second-order valence-corrected chi connectivity index (χ2v) is 6.93. The Hall–Kier alpha value is -2.15. The standard InChI is InChI=1S/C17H23N5O2/c1-21(17-14-3-4-18-16(14)19-10-20-17)13-5-11-7-22(8-12(11)6-13)15(23)9-24-2/h3-4,10-13H,5-9H2,1-2H3,(H,18,19,20)/t11-,12?,13+/m0/s1. The van der Waals surface area contributed by atoms with Crippen molar-refractivity contribution >= 4 is 22.8 Å². The van der Waals surface area contributed by atoms with Gasteiger partial charge in [-0.05, 0) is 30.7 Å². The predicted octanol–water partition coefficient (Wildman–Crippen LogP) is 1.28. The van der Waals surface area contributed by atoms with Crippen LogP contribution in [-0.2, 0) is 9.53 Å². The number of aromatic amines is 1. The summed E-state index contributed by atoms with van der Waals surface area (Å²) in [5.74, 6) is 2.27. The highest BCUT2D eigenvalue weighted by atomic mass is 16.5. The third-order valence-corrected chi connectivity index (χ3v) is 5.56. The average molecular weight is 329 g/mol. The molecule has 1 aliphatic carbocycles. The predicted molar refractivity (Wildman–Crippen MR) is 90.7 cm³/mol. The van der Waals surface area contributed by atoms with Crippen LogP contribution in [0.1, 0.15) is 12.8 Å². The largest absolute Gasteiger partial charge is 0.375 e. The number of hydrogen-bond acceptors (Lipinski definition) is 5. The third-order valence-electron chi connectivity index (χ3n) is 5.56. The molecule has 1 aliphatic heterocycles. The molecule has 0 spiro atoms. The number of ether oxygens (including phenoxy) is 1.